The van der Waals surface area contributed by atoms with Crippen molar-refractivity contribution in [2.45, 2.75) is 25.7 Å². The summed E-state index contributed by atoms with van der Waals surface area (Å²) in [7, 11) is 1.69. The zero-order chi connectivity index (χ0) is 19.5. The molecule has 28 heavy (non-hydrogen) atoms. The largest absolute Gasteiger partial charge is 0.497 e. The number of benzene rings is 2. The molecule has 1 atom stereocenters. The highest BCUT2D eigenvalue weighted by Gasteiger charge is 2.29. The van der Waals surface area contributed by atoms with E-state index in [-0.39, 0.29) is 11.8 Å². The topological polar surface area (TPSA) is 41.6 Å². The Bertz CT molecular complexity index is 846. The fraction of sp³-hybridized carbons (Fsp3) is 0.435. The number of hydrogen-bond acceptors (Lipinski definition) is 3. The highest BCUT2D eigenvalue weighted by atomic mass is 35.5. The summed E-state index contributed by atoms with van der Waals surface area (Å²) in [4.78, 5) is 14.9. The SMILES string of the molecule is COc1ccc(Cl)c(CC2CCN(CC3Cc4ccccc4NC3=O)CC2)c1. The van der Waals surface area contributed by atoms with Crippen molar-refractivity contribution in [3.63, 3.8) is 0 Å². The summed E-state index contributed by atoms with van der Waals surface area (Å²) < 4.78 is 5.33. The zero-order valence-electron chi connectivity index (χ0n) is 16.3. The lowest BCUT2D eigenvalue weighted by Gasteiger charge is -2.35. The molecule has 0 saturated carbocycles. The number of piperidine rings is 1. The minimum Gasteiger partial charge on any atom is -0.497 e. The predicted molar refractivity (Wildman–Crippen MR) is 113 cm³/mol. The minimum atomic E-state index is 0.0410. The highest BCUT2D eigenvalue weighted by molar-refractivity contribution is 6.31. The number of nitrogens with zero attached hydrogens (tertiary/aromatic N) is 1. The van der Waals surface area contributed by atoms with E-state index in [0.717, 1.165) is 61.8 Å². The second-order valence-electron chi connectivity index (χ2n) is 7.95. The van der Waals surface area contributed by atoms with Gasteiger partial charge in [-0.15, -0.1) is 0 Å². The summed E-state index contributed by atoms with van der Waals surface area (Å²) in [6.45, 7) is 2.92. The summed E-state index contributed by atoms with van der Waals surface area (Å²) in [6, 6.07) is 14.0. The van der Waals surface area contributed by atoms with Crippen LogP contribution in [0.1, 0.15) is 24.0 Å². The van der Waals surface area contributed by atoms with Crippen LogP contribution in [0.3, 0.4) is 0 Å². The van der Waals surface area contributed by atoms with Crippen LogP contribution in [0.2, 0.25) is 5.02 Å². The van der Waals surface area contributed by atoms with Gasteiger partial charge in [-0.2, -0.15) is 0 Å². The van der Waals surface area contributed by atoms with E-state index in [1.165, 1.54) is 11.1 Å². The first-order chi connectivity index (χ1) is 13.6. The number of para-hydroxylation sites is 1. The summed E-state index contributed by atoms with van der Waals surface area (Å²) >= 11 is 6.38. The lowest BCUT2D eigenvalue weighted by atomic mass is 9.88. The molecular formula is C23H27ClN2O2. The summed E-state index contributed by atoms with van der Waals surface area (Å²) in [5, 5.41) is 3.89. The number of halogens is 1. The van der Waals surface area contributed by atoms with Crippen LogP contribution in [0.4, 0.5) is 5.69 Å². The molecule has 1 saturated heterocycles. The number of likely N-dealkylation sites (tertiary alicyclic amines) is 1. The number of ether oxygens (including phenoxy) is 1. The normalized spacial score (nSPS) is 20.5. The fourth-order valence-corrected chi connectivity index (χ4v) is 4.59. The Morgan fingerprint density at radius 2 is 1.96 bits per heavy atom. The van der Waals surface area contributed by atoms with Gasteiger partial charge in [-0.05, 0) is 80.1 Å². The van der Waals surface area contributed by atoms with Crippen molar-refractivity contribution in [2.75, 3.05) is 32.1 Å². The maximum absolute atomic E-state index is 12.5. The number of rotatable bonds is 5. The molecule has 1 N–H and O–H groups in total. The van der Waals surface area contributed by atoms with Gasteiger partial charge >= 0.3 is 0 Å². The van der Waals surface area contributed by atoms with E-state index in [0.29, 0.717) is 5.92 Å². The van der Waals surface area contributed by atoms with Gasteiger partial charge in [0.2, 0.25) is 5.91 Å². The molecular weight excluding hydrogens is 372 g/mol. The van der Waals surface area contributed by atoms with Gasteiger partial charge in [-0.3, -0.25) is 4.79 Å². The van der Waals surface area contributed by atoms with Crippen LogP contribution in [-0.4, -0.2) is 37.6 Å². The predicted octanol–water partition coefficient (Wildman–Crippen LogP) is 4.41. The molecule has 2 heterocycles. The van der Waals surface area contributed by atoms with E-state index in [4.69, 9.17) is 16.3 Å². The van der Waals surface area contributed by atoms with Crippen molar-refractivity contribution in [1.82, 2.24) is 4.90 Å². The highest BCUT2D eigenvalue weighted by Crippen LogP contribution is 2.30. The van der Waals surface area contributed by atoms with Gasteiger partial charge in [-0.25, -0.2) is 0 Å². The molecule has 0 radical (unpaired) electrons. The molecule has 5 heteroatoms. The maximum Gasteiger partial charge on any atom is 0.229 e. The van der Waals surface area contributed by atoms with Gasteiger partial charge in [0.15, 0.2) is 0 Å². The molecule has 0 aliphatic carbocycles. The van der Waals surface area contributed by atoms with E-state index < -0.39 is 0 Å². The molecule has 148 valence electrons. The van der Waals surface area contributed by atoms with Crippen molar-refractivity contribution in [3.8, 4) is 5.75 Å². The average Bonchev–Trinajstić information content (AvgIpc) is 2.71. The van der Waals surface area contributed by atoms with Crippen molar-refractivity contribution >= 4 is 23.2 Å². The first-order valence-corrected chi connectivity index (χ1v) is 10.4. The van der Waals surface area contributed by atoms with Gasteiger partial charge < -0.3 is 15.0 Å². The molecule has 0 spiro atoms. The Hall–Kier alpha value is -2.04. The monoisotopic (exact) mass is 398 g/mol. The lowest BCUT2D eigenvalue weighted by Crippen LogP contribution is -2.42. The molecule has 2 aliphatic heterocycles. The number of nitrogens with one attached hydrogen (secondary N) is 1. The third-order valence-electron chi connectivity index (χ3n) is 6.06. The maximum atomic E-state index is 12.5. The first-order valence-electron chi connectivity index (χ1n) is 10.1. The van der Waals surface area contributed by atoms with Crippen molar-refractivity contribution in [2.24, 2.45) is 11.8 Å². The van der Waals surface area contributed by atoms with Crippen molar-refractivity contribution in [3.05, 3.63) is 58.6 Å². The Morgan fingerprint density at radius 3 is 2.75 bits per heavy atom. The Balaban J connectivity index is 1.31. The fourth-order valence-electron chi connectivity index (χ4n) is 4.39. The number of anilines is 1. The van der Waals surface area contributed by atoms with Crippen LogP contribution in [0.25, 0.3) is 0 Å². The third kappa shape index (κ3) is 4.34. The number of amides is 1. The molecule has 2 aromatic rings. The van der Waals surface area contributed by atoms with Crippen LogP contribution >= 0.6 is 11.6 Å². The van der Waals surface area contributed by atoms with Gasteiger partial charge in [-0.1, -0.05) is 29.8 Å². The number of hydrogen-bond donors (Lipinski definition) is 1. The van der Waals surface area contributed by atoms with Gasteiger partial charge in [0.1, 0.15) is 5.75 Å². The molecule has 4 nitrogen and oxygen atoms in total. The number of methoxy groups -OCH3 is 1. The Morgan fingerprint density at radius 1 is 1.18 bits per heavy atom. The van der Waals surface area contributed by atoms with E-state index in [2.05, 4.69) is 22.3 Å². The van der Waals surface area contributed by atoms with Gasteiger partial charge in [0.05, 0.1) is 13.0 Å². The van der Waals surface area contributed by atoms with Crippen LogP contribution in [0.5, 0.6) is 5.75 Å². The summed E-state index contributed by atoms with van der Waals surface area (Å²) in [5.74, 6) is 1.69. The lowest BCUT2D eigenvalue weighted by molar-refractivity contribution is -0.120. The first kappa shape index (κ1) is 19.3. The standard InChI is InChI=1S/C23H27ClN2O2/c1-28-20-6-7-21(24)18(14-20)12-16-8-10-26(11-9-16)15-19-13-17-4-2-3-5-22(17)25-23(19)27/h2-7,14,16,19H,8-13,15H2,1H3,(H,25,27). The molecule has 1 fully saturated rings. The zero-order valence-corrected chi connectivity index (χ0v) is 17.0. The Labute approximate surface area is 171 Å². The van der Waals surface area contributed by atoms with Gasteiger partial charge in [0.25, 0.3) is 0 Å². The van der Waals surface area contributed by atoms with Crippen LogP contribution in [0.15, 0.2) is 42.5 Å². The molecule has 1 unspecified atom stereocenters. The second-order valence-corrected chi connectivity index (χ2v) is 8.36. The minimum absolute atomic E-state index is 0.0410. The van der Waals surface area contributed by atoms with Crippen molar-refractivity contribution in [1.29, 1.82) is 0 Å². The molecule has 2 aromatic carbocycles. The Kier molecular flexibility index (Phi) is 5.88. The molecule has 1 amide bonds. The van der Waals surface area contributed by atoms with Crippen LogP contribution in [0, 0.1) is 11.8 Å². The summed E-state index contributed by atoms with van der Waals surface area (Å²) in [6.07, 6.45) is 4.10. The quantitative estimate of drug-likeness (QED) is 0.810. The number of fused-ring (bicyclic) bond motifs is 1. The van der Waals surface area contributed by atoms with E-state index >= 15 is 0 Å². The van der Waals surface area contributed by atoms with Crippen molar-refractivity contribution < 1.29 is 9.53 Å². The number of carbonyl (C=O) groups is 1. The third-order valence-corrected chi connectivity index (χ3v) is 6.43. The van der Waals surface area contributed by atoms with E-state index in [1.807, 2.05) is 30.3 Å². The molecule has 4 rings (SSSR count). The summed E-state index contributed by atoms with van der Waals surface area (Å²) in [5.41, 5.74) is 3.38. The molecule has 0 bridgehead atoms. The average molecular weight is 399 g/mol. The van der Waals surface area contributed by atoms with Gasteiger partial charge in [0, 0.05) is 17.3 Å². The van der Waals surface area contributed by atoms with Crippen LogP contribution in [-0.2, 0) is 17.6 Å². The second kappa shape index (κ2) is 8.54. The molecule has 0 aromatic heterocycles. The van der Waals surface area contributed by atoms with Crippen LogP contribution < -0.4 is 10.1 Å². The van der Waals surface area contributed by atoms with E-state index in [1.54, 1.807) is 7.11 Å². The molecule has 2 aliphatic rings. The van der Waals surface area contributed by atoms with E-state index in [9.17, 15) is 4.79 Å². The smallest absolute Gasteiger partial charge is 0.229 e. The number of carbonyl (C=O) groups excluding carboxylic acids is 1.